The second-order valence-corrected chi connectivity index (χ2v) is 6.63. The summed E-state index contributed by atoms with van der Waals surface area (Å²) in [5, 5.41) is 11.3. The molecule has 2 rings (SSSR count). The average molecular weight is 407 g/mol. The zero-order valence-corrected chi connectivity index (χ0v) is 14.5. The molecule has 0 saturated heterocycles. The molecule has 1 heterocycles. The van der Waals surface area contributed by atoms with Crippen molar-refractivity contribution in [1.29, 1.82) is 0 Å². The Bertz CT molecular complexity index is 875. The molecular weight excluding hydrogens is 391 g/mol. The maximum absolute atomic E-state index is 13.0. The van der Waals surface area contributed by atoms with Crippen LogP contribution in [0.25, 0.3) is 0 Å². The monoisotopic (exact) mass is 407 g/mol. The van der Waals surface area contributed by atoms with Gasteiger partial charge in [0.25, 0.3) is 10.1 Å². The van der Waals surface area contributed by atoms with Gasteiger partial charge in [0.1, 0.15) is 0 Å². The molecule has 0 aliphatic carbocycles. The van der Waals surface area contributed by atoms with Crippen LogP contribution in [0.4, 0.5) is 30.6 Å². The number of rotatable bonds is 8. The number of benzene rings is 1. The van der Waals surface area contributed by atoms with Gasteiger partial charge in [-0.05, 0) is 30.7 Å². The van der Waals surface area contributed by atoms with Crippen molar-refractivity contribution in [3.63, 3.8) is 0 Å². The first-order valence-electron chi connectivity index (χ1n) is 7.50. The van der Waals surface area contributed by atoms with Crippen LogP contribution in [0, 0.1) is 0 Å². The van der Waals surface area contributed by atoms with E-state index in [0.29, 0.717) is 18.2 Å². The number of alkyl halides is 3. The lowest BCUT2D eigenvalue weighted by Crippen LogP contribution is -2.17. The van der Waals surface area contributed by atoms with E-state index in [0.717, 1.165) is 12.1 Å². The fourth-order valence-electron chi connectivity index (χ4n) is 1.86. The quantitative estimate of drug-likeness (QED) is 0.253. The lowest BCUT2D eigenvalue weighted by molar-refractivity contribution is -0.141. The molecule has 0 radical (unpaired) electrons. The normalized spacial score (nSPS) is 11.9. The first-order valence-corrected chi connectivity index (χ1v) is 8.94. The minimum absolute atomic E-state index is 0.141. The average Bonchev–Trinajstić information content (AvgIpc) is 2.59. The zero-order chi connectivity index (χ0) is 20.1. The second-order valence-electron chi connectivity index (χ2n) is 5.21. The van der Waals surface area contributed by atoms with Crippen LogP contribution in [0.1, 0.15) is 12.1 Å². The van der Waals surface area contributed by atoms with Crippen LogP contribution in [-0.2, 0) is 16.3 Å². The number of nitrogens with one attached hydrogen (secondary N) is 3. The van der Waals surface area contributed by atoms with Crippen molar-refractivity contribution in [3.05, 3.63) is 36.0 Å². The fourth-order valence-corrected chi connectivity index (χ4v) is 2.34. The molecule has 1 aromatic carbocycles. The Morgan fingerprint density at radius 1 is 1.07 bits per heavy atom. The molecule has 27 heavy (non-hydrogen) atoms. The predicted octanol–water partition coefficient (Wildman–Crippen LogP) is 1.98. The van der Waals surface area contributed by atoms with E-state index in [9.17, 15) is 21.6 Å². The number of aliphatic hydroxyl groups excluding tert-OH is 1. The van der Waals surface area contributed by atoms with Gasteiger partial charge in [0, 0.05) is 19.2 Å². The van der Waals surface area contributed by atoms with Gasteiger partial charge in [0.2, 0.25) is 5.95 Å². The third kappa shape index (κ3) is 6.23. The summed E-state index contributed by atoms with van der Waals surface area (Å²) in [6, 6.07) is 5.51. The number of aliphatic hydroxyl groups is 1. The van der Waals surface area contributed by atoms with E-state index in [4.69, 9.17) is 9.66 Å². The van der Waals surface area contributed by atoms with E-state index in [-0.39, 0.29) is 29.8 Å². The lowest BCUT2D eigenvalue weighted by atomic mass is 10.3. The highest BCUT2D eigenvalue weighted by atomic mass is 32.2. The van der Waals surface area contributed by atoms with E-state index in [1.54, 1.807) is 0 Å². The molecule has 0 aliphatic heterocycles. The maximum atomic E-state index is 13.0. The van der Waals surface area contributed by atoms with Crippen molar-refractivity contribution in [3.8, 4) is 0 Å². The van der Waals surface area contributed by atoms with Crippen LogP contribution in [0.15, 0.2) is 35.2 Å². The van der Waals surface area contributed by atoms with Crippen LogP contribution < -0.4 is 16.2 Å². The minimum atomic E-state index is -4.69. The molecule has 5 N–H and O–H groups in total. The molecule has 0 fully saturated rings. The molecule has 0 aliphatic rings. The summed E-state index contributed by atoms with van der Waals surface area (Å²) in [4.78, 5) is 6.93. The number of halogens is 3. The number of anilines is 3. The van der Waals surface area contributed by atoms with E-state index >= 15 is 0 Å². The summed E-state index contributed by atoms with van der Waals surface area (Å²) >= 11 is 0. The summed E-state index contributed by atoms with van der Waals surface area (Å²) in [6.45, 7) is 0.0416. The summed E-state index contributed by atoms with van der Waals surface area (Å²) in [6.07, 6.45) is -4.38. The Kier molecular flexibility index (Phi) is 6.41. The molecule has 0 unspecified atom stereocenters. The minimum Gasteiger partial charge on any atom is -0.396 e. The van der Waals surface area contributed by atoms with Crippen LogP contribution in [0.3, 0.4) is 0 Å². The van der Waals surface area contributed by atoms with Gasteiger partial charge in [-0.15, -0.1) is 0 Å². The van der Waals surface area contributed by atoms with Crippen molar-refractivity contribution in [1.82, 2.24) is 9.97 Å². The number of nitrogens with zero attached hydrogens (tertiary/aromatic N) is 2. The number of hydrogen-bond donors (Lipinski definition) is 5. The van der Waals surface area contributed by atoms with Gasteiger partial charge in [-0.1, -0.05) is 0 Å². The SMILES string of the molecule is O=S(=O)(O)c1ccc(NNc2cc(C(F)(F)F)nc(NCCCO)n2)cc1. The smallest absolute Gasteiger partial charge is 0.396 e. The Hall–Kier alpha value is -2.64. The molecule has 0 amide bonds. The Balaban J connectivity index is 2.15. The fraction of sp³-hybridized carbons (Fsp3) is 0.286. The summed E-state index contributed by atoms with van der Waals surface area (Å²) in [7, 11) is -4.35. The van der Waals surface area contributed by atoms with Crippen molar-refractivity contribution in [2.24, 2.45) is 0 Å². The number of aromatic nitrogens is 2. The van der Waals surface area contributed by atoms with E-state index in [1.807, 2.05) is 0 Å². The number of hydrazine groups is 1. The van der Waals surface area contributed by atoms with Crippen molar-refractivity contribution < 1.29 is 31.2 Å². The third-order valence-corrected chi connectivity index (χ3v) is 3.99. The van der Waals surface area contributed by atoms with Gasteiger partial charge in [0.05, 0.1) is 10.6 Å². The zero-order valence-electron chi connectivity index (χ0n) is 13.7. The highest BCUT2D eigenvalue weighted by Gasteiger charge is 2.33. The molecule has 1 aromatic heterocycles. The predicted molar refractivity (Wildman–Crippen MR) is 90.7 cm³/mol. The van der Waals surface area contributed by atoms with E-state index < -0.39 is 22.0 Å². The topological polar surface area (TPSA) is 136 Å². The molecule has 0 atom stereocenters. The van der Waals surface area contributed by atoms with Gasteiger partial charge in [-0.25, -0.2) is 4.98 Å². The highest BCUT2D eigenvalue weighted by Crippen LogP contribution is 2.29. The van der Waals surface area contributed by atoms with Gasteiger partial charge >= 0.3 is 6.18 Å². The van der Waals surface area contributed by atoms with Gasteiger partial charge in [-0.2, -0.15) is 26.6 Å². The van der Waals surface area contributed by atoms with Crippen LogP contribution in [0.5, 0.6) is 0 Å². The molecule has 0 bridgehead atoms. The molecule has 9 nitrogen and oxygen atoms in total. The second kappa shape index (κ2) is 8.37. The van der Waals surface area contributed by atoms with Gasteiger partial charge < -0.3 is 10.4 Å². The molecule has 2 aromatic rings. The first-order chi connectivity index (χ1) is 12.6. The van der Waals surface area contributed by atoms with Crippen molar-refractivity contribution in [2.45, 2.75) is 17.5 Å². The van der Waals surface area contributed by atoms with Gasteiger partial charge in [-0.3, -0.25) is 15.4 Å². The first kappa shape index (κ1) is 20.7. The van der Waals surface area contributed by atoms with Crippen LogP contribution in [-0.4, -0.2) is 41.2 Å². The van der Waals surface area contributed by atoms with Crippen molar-refractivity contribution >= 4 is 27.6 Å². The van der Waals surface area contributed by atoms with Crippen molar-refractivity contribution in [2.75, 3.05) is 29.3 Å². The maximum Gasteiger partial charge on any atom is 0.433 e. The van der Waals surface area contributed by atoms with E-state index in [2.05, 4.69) is 26.1 Å². The molecule has 13 heteroatoms. The molecule has 0 saturated carbocycles. The van der Waals surface area contributed by atoms with Gasteiger partial charge in [0.15, 0.2) is 11.5 Å². The Labute approximate surface area is 152 Å². The summed E-state index contributed by atoms with van der Waals surface area (Å²) < 4.78 is 69.8. The molecule has 0 spiro atoms. The Morgan fingerprint density at radius 3 is 2.30 bits per heavy atom. The van der Waals surface area contributed by atoms with Crippen LogP contribution in [0.2, 0.25) is 0 Å². The summed E-state index contributed by atoms with van der Waals surface area (Å²) in [5.74, 6) is -0.466. The molecule has 148 valence electrons. The Morgan fingerprint density at radius 2 is 1.74 bits per heavy atom. The third-order valence-electron chi connectivity index (χ3n) is 3.12. The summed E-state index contributed by atoms with van der Waals surface area (Å²) in [5.41, 5.74) is 4.16. The van der Waals surface area contributed by atoms with Crippen LogP contribution >= 0.6 is 0 Å². The number of hydrogen-bond acceptors (Lipinski definition) is 8. The largest absolute Gasteiger partial charge is 0.433 e. The van der Waals surface area contributed by atoms with E-state index in [1.165, 1.54) is 12.1 Å². The lowest BCUT2D eigenvalue weighted by Gasteiger charge is -2.14. The molecular formula is C14H16F3N5O4S. The standard InChI is InChI=1S/C14H16F3N5O4S/c15-14(16,17)11-8-12(20-13(19-11)18-6-1-7-23)22-21-9-2-4-10(5-3-9)27(24,25)26/h2-5,8,21,23H,1,6-7H2,(H,24,25,26)(H2,18,19,20,22). The highest BCUT2D eigenvalue weighted by molar-refractivity contribution is 7.85.